The summed E-state index contributed by atoms with van der Waals surface area (Å²) in [6, 6.07) is 5.34. The predicted molar refractivity (Wildman–Crippen MR) is 62.6 cm³/mol. The van der Waals surface area contributed by atoms with Gasteiger partial charge in [0.05, 0.1) is 19.8 Å². The number of rotatable bonds is 5. The summed E-state index contributed by atoms with van der Waals surface area (Å²) in [6.07, 6.45) is 5.17. The molecular formula is C13H16O3. The van der Waals surface area contributed by atoms with Gasteiger partial charge in [-0.25, -0.2) is 0 Å². The van der Waals surface area contributed by atoms with E-state index in [4.69, 9.17) is 15.9 Å². The quantitative estimate of drug-likeness (QED) is 0.610. The minimum Gasteiger partial charge on any atom is -0.493 e. The first-order valence-electron chi connectivity index (χ1n) is 5.11. The largest absolute Gasteiger partial charge is 0.493 e. The lowest BCUT2D eigenvalue weighted by atomic mass is 10.1. The molecule has 0 fully saturated rings. The summed E-state index contributed by atoms with van der Waals surface area (Å²) < 4.78 is 10.6. The Morgan fingerprint density at radius 3 is 2.75 bits per heavy atom. The molecule has 1 N–H and O–H groups in total. The van der Waals surface area contributed by atoms with Crippen molar-refractivity contribution in [2.24, 2.45) is 0 Å². The van der Waals surface area contributed by atoms with Crippen LogP contribution < -0.4 is 9.47 Å². The van der Waals surface area contributed by atoms with Crippen molar-refractivity contribution in [3.8, 4) is 23.8 Å². The molecule has 0 bridgehead atoms. The van der Waals surface area contributed by atoms with E-state index in [0.717, 1.165) is 5.56 Å². The molecule has 0 radical (unpaired) electrons. The maximum absolute atomic E-state index is 9.43. The summed E-state index contributed by atoms with van der Waals surface area (Å²) in [5.74, 6) is 3.75. The Morgan fingerprint density at radius 1 is 1.44 bits per heavy atom. The van der Waals surface area contributed by atoms with Gasteiger partial charge in [0.15, 0.2) is 11.5 Å². The van der Waals surface area contributed by atoms with Crippen molar-refractivity contribution >= 4 is 0 Å². The third-order valence-electron chi connectivity index (χ3n) is 2.17. The van der Waals surface area contributed by atoms with Gasteiger partial charge in [-0.1, -0.05) is 6.07 Å². The molecule has 1 aromatic carbocycles. The van der Waals surface area contributed by atoms with E-state index in [-0.39, 0.29) is 0 Å². The lowest BCUT2D eigenvalue weighted by molar-refractivity contribution is 0.198. The molecule has 1 rings (SSSR count). The number of aliphatic hydroxyl groups is 1. The number of benzene rings is 1. The molecule has 1 aromatic rings. The number of ether oxygens (including phenoxy) is 2. The van der Waals surface area contributed by atoms with Crippen molar-refractivity contribution < 1.29 is 14.6 Å². The highest BCUT2D eigenvalue weighted by Gasteiger charge is 2.08. The highest BCUT2D eigenvalue weighted by molar-refractivity contribution is 5.43. The molecule has 0 aliphatic heterocycles. The van der Waals surface area contributed by atoms with Crippen LogP contribution in [0.3, 0.4) is 0 Å². The molecule has 3 nitrogen and oxygen atoms in total. The molecule has 0 amide bonds. The third kappa shape index (κ3) is 3.18. The fraction of sp³-hybridized carbons (Fsp3) is 0.385. The Labute approximate surface area is 96.0 Å². The number of methoxy groups -OCH3 is 1. The van der Waals surface area contributed by atoms with E-state index in [0.29, 0.717) is 24.5 Å². The maximum Gasteiger partial charge on any atom is 0.161 e. The molecule has 1 atom stereocenters. The zero-order chi connectivity index (χ0) is 12.0. The van der Waals surface area contributed by atoms with Crippen LogP contribution in [0.1, 0.15) is 25.0 Å². The van der Waals surface area contributed by atoms with Crippen molar-refractivity contribution in [3.63, 3.8) is 0 Å². The summed E-state index contributed by atoms with van der Waals surface area (Å²) in [7, 11) is 1.56. The van der Waals surface area contributed by atoms with Gasteiger partial charge in [0.25, 0.3) is 0 Å². The van der Waals surface area contributed by atoms with Crippen LogP contribution in [-0.2, 0) is 0 Å². The Kier molecular flexibility index (Phi) is 4.68. The normalized spacial score (nSPS) is 11.6. The highest BCUT2D eigenvalue weighted by atomic mass is 16.5. The van der Waals surface area contributed by atoms with Gasteiger partial charge in [0, 0.05) is 6.42 Å². The standard InChI is InChI=1S/C13H16O3/c1-4-5-8-16-12-7-6-11(10(2)14)9-13(12)15-3/h1,6-7,9-10,14H,5,8H2,2-3H3. The molecule has 3 heteroatoms. The summed E-state index contributed by atoms with van der Waals surface area (Å²) in [6.45, 7) is 2.16. The third-order valence-corrected chi connectivity index (χ3v) is 2.17. The van der Waals surface area contributed by atoms with E-state index in [2.05, 4.69) is 5.92 Å². The smallest absolute Gasteiger partial charge is 0.161 e. The average molecular weight is 220 g/mol. The highest BCUT2D eigenvalue weighted by Crippen LogP contribution is 2.30. The van der Waals surface area contributed by atoms with E-state index in [9.17, 15) is 5.11 Å². The van der Waals surface area contributed by atoms with Crippen molar-refractivity contribution in [1.82, 2.24) is 0 Å². The van der Waals surface area contributed by atoms with Crippen LogP contribution in [0, 0.1) is 12.3 Å². The number of terminal acetylenes is 1. The molecular weight excluding hydrogens is 204 g/mol. The van der Waals surface area contributed by atoms with Gasteiger partial charge in [0.2, 0.25) is 0 Å². The van der Waals surface area contributed by atoms with Gasteiger partial charge in [-0.3, -0.25) is 0 Å². The van der Waals surface area contributed by atoms with Crippen LogP contribution in [0.5, 0.6) is 11.5 Å². The van der Waals surface area contributed by atoms with Gasteiger partial charge >= 0.3 is 0 Å². The van der Waals surface area contributed by atoms with Crippen LogP contribution in [0.15, 0.2) is 18.2 Å². The molecule has 0 aliphatic carbocycles. The van der Waals surface area contributed by atoms with E-state index in [1.807, 2.05) is 0 Å². The molecule has 16 heavy (non-hydrogen) atoms. The fourth-order valence-electron chi connectivity index (χ4n) is 1.28. The summed E-state index contributed by atoms with van der Waals surface area (Å²) >= 11 is 0. The first-order chi connectivity index (χ1) is 7.69. The molecule has 0 saturated heterocycles. The van der Waals surface area contributed by atoms with Crippen LogP contribution in [0.2, 0.25) is 0 Å². The monoisotopic (exact) mass is 220 g/mol. The van der Waals surface area contributed by atoms with Crippen molar-refractivity contribution in [1.29, 1.82) is 0 Å². The minimum atomic E-state index is -0.520. The zero-order valence-electron chi connectivity index (χ0n) is 9.56. The molecule has 1 unspecified atom stereocenters. The zero-order valence-corrected chi connectivity index (χ0v) is 9.56. The average Bonchev–Trinajstić information content (AvgIpc) is 2.29. The van der Waals surface area contributed by atoms with Gasteiger partial charge in [-0.05, 0) is 24.6 Å². The molecule has 0 saturated carbocycles. The van der Waals surface area contributed by atoms with Gasteiger partial charge in [-0.2, -0.15) is 0 Å². The Balaban J connectivity index is 2.81. The minimum absolute atomic E-state index is 0.459. The molecule has 0 aliphatic rings. The van der Waals surface area contributed by atoms with E-state index in [1.165, 1.54) is 0 Å². The topological polar surface area (TPSA) is 38.7 Å². The lowest BCUT2D eigenvalue weighted by Crippen LogP contribution is -2.00. The SMILES string of the molecule is C#CCCOc1ccc(C(C)O)cc1OC. The van der Waals surface area contributed by atoms with Gasteiger partial charge in [-0.15, -0.1) is 12.3 Å². The lowest BCUT2D eigenvalue weighted by Gasteiger charge is -2.12. The van der Waals surface area contributed by atoms with Crippen molar-refractivity contribution in [2.75, 3.05) is 13.7 Å². The van der Waals surface area contributed by atoms with Crippen molar-refractivity contribution in [2.45, 2.75) is 19.4 Å². The molecule has 86 valence electrons. The second kappa shape index (κ2) is 6.04. The van der Waals surface area contributed by atoms with E-state index in [1.54, 1.807) is 32.2 Å². The first kappa shape index (κ1) is 12.4. The van der Waals surface area contributed by atoms with Crippen molar-refractivity contribution in [3.05, 3.63) is 23.8 Å². The fourth-order valence-corrected chi connectivity index (χ4v) is 1.28. The van der Waals surface area contributed by atoms with E-state index >= 15 is 0 Å². The summed E-state index contributed by atoms with van der Waals surface area (Å²) in [5.41, 5.74) is 0.793. The summed E-state index contributed by atoms with van der Waals surface area (Å²) in [5, 5.41) is 9.43. The maximum atomic E-state index is 9.43. The second-order valence-electron chi connectivity index (χ2n) is 3.39. The van der Waals surface area contributed by atoms with Crippen LogP contribution >= 0.6 is 0 Å². The number of aliphatic hydroxyl groups excluding tert-OH is 1. The van der Waals surface area contributed by atoms with Crippen LogP contribution in [0.4, 0.5) is 0 Å². The number of hydrogen-bond donors (Lipinski definition) is 1. The Bertz CT molecular complexity index is 377. The Hall–Kier alpha value is -1.66. The predicted octanol–water partition coefficient (Wildman–Crippen LogP) is 2.15. The van der Waals surface area contributed by atoms with Crippen LogP contribution in [0.25, 0.3) is 0 Å². The molecule has 0 spiro atoms. The molecule has 0 heterocycles. The van der Waals surface area contributed by atoms with Gasteiger partial charge in [0.1, 0.15) is 0 Å². The van der Waals surface area contributed by atoms with E-state index < -0.39 is 6.10 Å². The molecule has 0 aromatic heterocycles. The summed E-state index contributed by atoms with van der Waals surface area (Å²) in [4.78, 5) is 0. The number of hydrogen-bond acceptors (Lipinski definition) is 3. The first-order valence-corrected chi connectivity index (χ1v) is 5.11. The van der Waals surface area contributed by atoms with Gasteiger partial charge < -0.3 is 14.6 Å². The Morgan fingerprint density at radius 2 is 2.19 bits per heavy atom. The second-order valence-corrected chi connectivity index (χ2v) is 3.39. The van der Waals surface area contributed by atoms with Crippen LogP contribution in [-0.4, -0.2) is 18.8 Å².